The monoisotopic (exact) mass is 243 g/mol. The Morgan fingerprint density at radius 2 is 2.00 bits per heavy atom. The molecule has 0 spiro atoms. The molecule has 3 N–H and O–H groups in total. The molecule has 17 heavy (non-hydrogen) atoms. The maximum absolute atomic E-state index is 11.7. The lowest BCUT2D eigenvalue weighted by Gasteiger charge is -2.23. The molecule has 6 heteroatoms. The molecule has 98 valence electrons. The minimum Gasteiger partial charge on any atom is -0.481 e. The molecular formula is C11H21N3O3. The van der Waals surface area contributed by atoms with Gasteiger partial charge in [0.1, 0.15) is 0 Å². The number of likely N-dealkylation sites (tertiary alicyclic amines) is 1. The fourth-order valence-corrected chi connectivity index (χ4v) is 1.97. The molecule has 0 aromatic heterocycles. The molecule has 1 amide bonds. The fraction of sp³-hybridized carbons (Fsp3) is 0.818. The van der Waals surface area contributed by atoms with Gasteiger partial charge in [-0.3, -0.25) is 9.59 Å². The lowest BCUT2D eigenvalue weighted by Crippen LogP contribution is -2.45. The summed E-state index contributed by atoms with van der Waals surface area (Å²) >= 11 is 0. The van der Waals surface area contributed by atoms with E-state index in [-0.39, 0.29) is 12.3 Å². The highest BCUT2D eigenvalue weighted by atomic mass is 16.4. The van der Waals surface area contributed by atoms with Crippen LogP contribution in [0.2, 0.25) is 0 Å². The molecule has 0 aromatic carbocycles. The van der Waals surface area contributed by atoms with Gasteiger partial charge in [0.05, 0.1) is 12.5 Å². The van der Waals surface area contributed by atoms with Gasteiger partial charge in [-0.05, 0) is 25.9 Å². The van der Waals surface area contributed by atoms with E-state index >= 15 is 0 Å². The Balaban J connectivity index is 2.27. The highest BCUT2D eigenvalue weighted by Gasteiger charge is 2.21. The van der Waals surface area contributed by atoms with Crippen molar-refractivity contribution in [1.29, 1.82) is 0 Å². The average molecular weight is 243 g/mol. The zero-order valence-electron chi connectivity index (χ0n) is 10.3. The van der Waals surface area contributed by atoms with Gasteiger partial charge in [-0.15, -0.1) is 0 Å². The first-order chi connectivity index (χ1) is 8.00. The topological polar surface area (TPSA) is 86.9 Å². The van der Waals surface area contributed by atoms with Crippen LogP contribution in [-0.4, -0.2) is 66.1 Å². The highest BCUT2D eigenvalue weighted by Crippen LogP contribution is 2.06. The van der Waals surface area contributed by atoms with Crippen LogP contribution in [-0.2, 0) is 9.59 Å². The molecule has 0 aromatic rings. The van der Waals surface area contributed by atoms with Gasteiger partial charge in [0.15, 0.2) is 0 Å². The molecule has 1 saturated heterocycles. The number of amides is 1. The standard InChI is InChI=1S/C11H21N3O3/c1-13(6-7-14-4-2-3-5-14)11(17)9(12)8-10(15)16/h9H,2-8,12H2,1H3,(H,15,16). The number of nitrogens with two attached hydrogens (primary N) is 1. The van der Waals surface area contributed by atoms with Gasteiger partial charge < -0.3 is 20.6 Å². The third-order valence-corrected chi connectivity index (χ3v) is 3.04. The number of carboxylic acids is 1. The molecule has 0 saturated carbocycles. The van der Waals surface area contributed by atoms with Gasteiger partial charge in [-0.1, -0.05) is 0 Å². The smallest absolute Gasteiger partial charge is 0.305 e. The molecule has 1 aliphatic heterocycles. The molecular weight excluding hydrogens is 222 g/mol. The van der Waals surface area contributed by atoms with E-state index < -0.39 is 12.0 Å². The quantitative estimate of drug-likeness (QED) is 0.647. The number of aliphatic carboxylic acids is 1. The summed E-state index contributed by atoms with van der Waals surface area (Å²) < 4.78 is 0. The van der Waals surface area contributed by atoms with Crippen molar-refractivity contribution in [2.45, 2.75) is 25.3 Å². The van der Waals surface area contributed by atoms with Crippen LogP contribution in [0.5, 0.6) is 0 Å². The number of carbonyl (C=O) groups excluding carboxylic acids is 1. The number of hydrogen-bond acceptors (Lipinski definition) is 4. The van der Waals surface area contributed by atoms with E-state index in [1.807, 2.05) is 0 Å². The zero-order valence-corrected chi connectivity index (χ0v) is 10.3. The molecule has 1 unspecified atom stereocenters. The van der Waals surface area contributed by atoms with Gasteiger partial charge in [0.25, 0.3) is 0 Å². The summed E-state index contributed by atoms with van der Waals surface area (Å²) in [7, 11) is 1.67. The first kappa shape index (κ1) is 13.9. The number of carboxylic acid groups (broad SMARTS) is 1. The van der Waals surface area contributed by atoms with Crippen molar-refractivity contribution >= 4 is 11.9 Å². The lowest BCUT2D eigenvalue weighted by atomic mass is 10.2. The summed E-state index contributed by atoms with van der Waals surface area (Å²) in [4.78, 5) is 26.0. The normalized spacial score (nSPS) is 18.0. The summed E-state index contributed by atoms with van der Waals surface area (Å²) in [6.07, 6.45) is 2.12. The van der Waals surface area contributed by atoms with Crippen molar-refractivity contribution in [2.75, 3.05) is 33.2 Å². The van der Waals surface area contributed by atoms with E-state index in [4.69, 9.17) is 10.8 Å². The number of likely N-dealkylation sites (N-methyl/N-ethyl adjacent to an activating group) is 1. The van der Waals surface area contributed by atoms with E-state index in [0.717, 1.165) is 19.6 Å². The first-order valence-electron chi connectivity index (χ1n) is 5.95. The Morgan fingerprint density at radius 3 is 2.53 bits per heavy atom. The maximum atomic E-state index is 11.7. The zero-order chi connectivity index (χ0) is 12.8. The van der Waals surface area contributed by atoms with E-state index in [2.05, 4.69) is 4.90 Å². The summed E-state index contributed by atoms with van der Waals surface area (Å²) in [6.45, 7) is 3.61. The molecule has 1 aliphatic rings. The Morgan fingerprint density at radius 1 is 1.41 bits per heavy atom. The van der Waals surface area contributed by atoms with Crippen molar-refractivity contribution in [1.82, 2.24) is 9.80 Å². The Kier molecular flexibility index (Phi) is 5.37. The van der Waals surface area contributed by atoms with Crippen LogP contribution in [0.25, 0.3) is 0 Å². The van der Waals surface area contributed by atoms with E-state index in [1.165, 1.54) is 17.7 Å². The summed E-state index contributed by atoms with van der Waals surface area (Å²) in [5, 5.41) is 8.56. The van der Waals surface area contributed by atoms with Gasteiger partial charge in [-0.25, -0.2) is 0 Å². The van der Waals surface area contributed by atoms with Gasteiger partial charge in [-0.2, -0.15) is 0 Å². The van der Waals surface area contributed by atoms with Crippen molar-refractivity contribution < 1.29 is 14.7 Å². The predicted molar refractivity (Wildman–Crippen MR) is 63.5 cm³/mol. The third kappa shape index (κ3) is 4.70. The number of rotatable bonds is 6. The molecule has 1 fully saturated rings. The first-order valence-corrected chi connectivity index (χ1v) is 5.95. The lowest BCUT2D eigenvalue weighted by molar-refractivity contribution is -0.141. The second-order valence-electron chi connectivity index (χ2n) is 4.51. The molecule has 1 atom stereocenters. The van der Waals surface area contributed by atoms with Crippen LogP contribution in [0.15, 0.2) is 0 Å². The van der Waals surface area contributed by atoms with Crippen LogP contribution in [0.4, 0.5) is 0 Å². The largest absolute Gasteiger partial charge is 0.481 e. The number of hydrogen-bond donors (Lipinski definition) is 2. The third-order valence-electron chi connectivity index (χ3n) is 3.04. The summed E-state index contributed by atoms with van der Waals surface area (Å²) in [5.74, 6) is -1.34. The molecule has 0 aliphatic carbocycles. The minimum atomic E-state index is -1.04. The molecule has 1 rings (SSSR count). The van der Waals surface area contributed by atoms with E-state index in [9.17, 15) is 9.59 Å². The molecule has 1 heterocycles. The van der Waals surface area contributed by atoms with Crippen molar-refractivity contribution in [3.05, 3.63) is 0 Å². The van der Waals surface area contributed by atoms with Crippen LogP contribution < -0.4 is 5.73 Å². The second kappa shape index (κ2) is 6.56. The molecule has 6 nitrogen and oxygen atoms in total. The van der Waals surface area contributed by atoms with Gasteiger partial charge in [0.2, 0.25) is 5.91 Å². The number of nitrogens with zero attached hydrogens (tertiary/aromatic N) is 2. The maximum Gasteiger partial charge on any atom is 0.305 e. The van der Waals surface area contributed by atoms with Crippen molar-refractivity contribution in [2.24, 2.45) is 5.73 Å². The van der Waals surface area contributed by atoms with Gasteiger partial charge in [0, 0.05) is 20.1 Å². The van der Waals surface area contributed by atoms with Crippen LogP contribution in [0.3, 0.4) is 0 Å². The average Bonchev–Trinajstić information content (AvgIpc) is 2.76. The Labute approximate surface area is 101 Å². The second-order valence-corrected chi connectivity index (χ2v) is 4.51. The summed E-state index contributed by atoms with van der Waals surface area (Å²) in [6, 6.07) is -0.934. The van der Waals surface area contributed by atoms with E-state index in [1.54, 1.807) is 7.05 Å². The summed E-state index contributed by atoms with van der Waals surface area (Å²) in [5.41, 5.74) is 5.52. The van der Waals surface area contributed by atoms with Crippen molar-refractivity contribution in [3.8, 4) is 0 Å². The van der Waals surface area contributed by atoms with Crippen molar-refractivity contribution in [3.63, 3.8) is 0 Å². The van der Waals surface area contributed by atoms with Crippen LogP contribution in [0.1, 0.15) is 19.3 Å². The molecule has 0 bridgehead atoms. The fourth-order valence-electron chi connectivity index (χ4n) is 1.97. The van der Waals surface area contributed by atoms with E-state index in [0.29, 0.717) is 6.54 Å². The van der Waals surface area contributed by atoms with Crippen LogP contribution in [0, 0.1) is 0 Å². The minimum absolute atomic E-state index is 0.299. The SMILES string of the molecule is CN(CCN1CCCC1)C(=O)C(N)CC(=O)O. The molecule has 0 radical (unpaired) electrons. The highest BCUT2D eigenvalue weighted by molar-refractivity contribution is 5.85. The Hall–Kier alpha value is -1.14. The van der Waals surface area contributed by atoms with Gasteiger partial charge >= 0.3 is 5.97 Å². The Bertz CT molecular complexity index is 277. The van der Waals surface area contributed by atoms with Crippen LogP contribution >= 0.6 is 0 Å². The number of carbonyl (C=O) groups is 2. The predicted octanol–water partition coefficient (Wildman–Crippen LogP) is -0.657.